The minimum Gasteiger partial charge on any atom is -0.489 e. The van der Waals surface area contributed by atoms with Crippen molar-refractivity contribution in [1.82, 2.24) is 10.2 Å². The number of piperazine rings is 1. The molecule has 4 nitrogen and oxygen atoms in total. The fourth-order valence-electron chi connectivity index (χ4n) is 3.18. The van der Waals surface area contributed by atoms with Gasteiger partial charge < -0.3 is 19.7 Å². The molecule has 2 fully saturated rings. The SMILES string of the molecule is Brc1cc2c(cc1CCN1CCNCC1)OCC1(CC1)CO2. The van der Waals surface area contributed by atoms with Crippen LogP contribution in [-0.4, -0.2) is 50.8 Å². The lowest BCUT2D eigenvalue weighted by Gasteiger charge is -2.27. The molecule has 0 aromatic heterocycles. The molecule has 1 aromatic rings. The van der Waals surface area contributed by atoms with E-state index >= 15 is 0 Å². The standard InChI is InChI=1S/C17H23BrN2O2/c18-14-10-16-15(21-11-17(2-3-17)12-22-16)9-13(14)1-6-20-7-4-19-5-8-20/h9-10,19H,1-8,11-12H2. The van der Waals surface area contributed by atoms with Crippen LogP contribution in [0, 0.1) is 5.41 Å². The number of rotatable bonds is 3. The first-order valence-electron chi connectivity index (χ1n) is 8.25. The lowest BCUT2D eigenvalue weighted by atomic mass is 10.1. The second kappa shape index (κ2) is 6.02. The fourth-order valence-corrected chi connectivity index (χ4v) is 3.70. The fraction of sp³-hybridized carbons (Fsp3) is 0.647. The summed E-state index contributed by atoms with van der Waals surface area (Å²) in [6.07, 6.45) is 3.51. The maximum absolute atomic E-state index is 6.04. The van der Waals surface area contributed by atoms with Gasteiger partial charge in [0.1, 0.15) is 0 Å². The van der Waals surface area contributed by atoms with E-state index in [-0.39, 0.29) is 0 Å². The second-order valence-corrected chi connectivity index (χ2v) is 7.66. The molecule has 0 unspecified atom stereocenters. The van der Waals surface area contributed by atoms with E-state index in [1.54, 1.807) is 0 Å². The summed E-state index contributed by atoms with van der Waals surface area (Å²) in [5, 5.41) is 3.40. The lowest BCUT2D eigenvalue weighted by molar-refractivity contribution is 0.197. The lowest BCUT2D eigenvalue weighted by Crippen LogP contribution is -2.44. The molecule has 1 aromatic carbocycles. The van der Waals surface area contributed by atoms with E-state index in [4.69, 9.17) is 9.47 Å². The molecule has 22 heavy (non-hydrogen) atoms. The Balaban J connectivity index is 1.45. The van der Waals surface area contributed by atoms with Gasteiger partial charge in [0, 0.05) is 42.6 Å². The number of halogens is 1. The summed E-state index contributed by atoms with van der Waals surface area (Å²) in [6.45, 7) is 7.19. The van der Waals surface area contributed by atoms with Crippen molar-refractivity contribution < 1.29 is 9.47 Å². The van der Waals surface area contributed by atoms with Crippen LogP contribution < -0.4 is 14.8 Å². The highest BCUT2D eigenvalue weighted by Gasteiger charge is 2.46. The first-order chi connectivity index (χ1) is 10.7. The Morgan fingerprint density at radius 2 is 1.77 bits per heavy atom. The number of fused-ring (bicyclic) bond motifs is 1. The van der Waals surface area contributed by atoms with Crippen LogP contribution in [0.15, 0.2) is 16.6 Å². The van der Waals surface area contributed by atoms with Crippen LogP contribution in [0.1, 0.15) is 18.4 Å². The van der Waals surface area contributed by atoms with Gasteiger partial charge in [-0.25, -0.2) is 0 Å². The highest BCUT2D eigenvalue weighted by atomic mass is 79.9. The molecule has 1 saturated carbocycles. The molecule has 0 bridgehead atoms. The van der Waals surface area contributed by atoms with Gasteiger partial charge in [0.25, 0.3) is 0 Å². The van der Waals surface area contributed by atoms with E-state index < -0.39 is 0 Å². The van der Waals surface area contributed by atoms with Crippen molar-refractivity contribution in [3.8, 4) is 11.5 Å². The molecule has 1 saturated heterocycles. The normalized spacial score (nSPS) is 23.3. The molecular formula is C17H23BrN2O2. The summed E-state index contributed by atoms with van der Waals surface area (Å²) in [6, 6.07) is 4.26. The molecule has 2 heterocycles. The van der Waals surface area contributed by atoms with Crippen LogP contribution in [-0.2, 0) is 6.42 Å². The van der Waals surface area contributed by atoms with Gasteiger partial charge in [-0.2, -0.15) is 0 Å². The van der Waals surface area contributed by atoms with Gasteiger partial charge in [0.2, 0.25) is 0 Å². The van der Waals surface area contributed by atoms with Crippen LogP contribution in [0.4, 0.5) is 0 Å². The van der Waals surface area contributed by atoms with E-state index in [9.17, 15) is 0 Å². The minimum absolute atomic E-state index is 0.298. The number of hydrogen-bond donors (Lipinski definition) is 1. The molecule has 0 atom stereocenters. The molecular weight excluding hydrogens is 344 g/mol. The number of nitrogens with one attached hydrogen (secondary N) is 1. The molecule has 120 valence electrons. The monoisotopic (exact) mass is 366 g/mol. The van der Waals surface area contributed by atoms with Crippen molar-refractivity contribution in [2.75, 3.05) is 45.9 Å². The smallest absolute Gasteiger partial charge is 0.162 e. The highest BCUT2D eigenvalue weighted by molar-refractivity contribution is 9.10. The van der Waals surface area contributed by atoms with Crippen molar-refractivity contribution in [2.45, 2.75) is 19.3 Å². The predicted molar refractivity (Wildman–Crippen MR) is 89.8 cm³/mol. The van der Waals surface area contributed by atoms with E-state index in [2.05, 4.69) is 38.3 Å². The number of hydrogen-bond acceptors (Lipinski definition) is 4. The van der Waals surface area contributed by atoms with Crippen molar-refractivity contribution in [3.63, 3.8) is 0 Å². The number of benzene rings is 1. The molecule has 5 heteroatoms. The molecule has 0 amide bonds. The van der Waals surface area contributed by atoms with Crippen molar-refractivity contribution in [1.29, 1.82) is 0 Å². The zero-order chi connectivity index (χ0) is 15.0. The summed E-state index contributed by atoms with van der Waals surface area (Å²) in [5.41, 5.74) is 1.61. The summed E-state index contributed by atoms with van der Waals surface area (Å²) in [5.74, 6) is 1.81. The Morgan fingerprint density at radius 3 is 2.45 bits per heavy atom. The zero-order valence-corrected chi connectivity index (χ0v) is 14.5. The van der Waals surface area contributed by atoms with Crippen LogP contribution >= 0.6 is 15.9 Å². The van der Waals surface area contributed by atoms with Gasteiger partial charge in [0.15, 0.2) is 11.5 Å². The van der Waals surface area contributed by atoms with E-state index in [0.29, 0.717) is 5.41 Å². The summed E-state index contributed by atoms with van der Waals surface area (Å²) in [4.78, 5) is 2.52. The average Bonchev–Trinajstić information content (AvgIpc) is 3.34. The van der Waals surface area contributed by atoms with Gasteiger partial charge in [-0.05, 0) is 37.0 Å². The van der Waals surface area contributed by atoms with Crippen LogP contribution in [0.3, 0.4) is 0 Å². The minimum atomic E-state index is 0.298. The van der Waals surface area contributed by atoms with Crippen molar-refractivity contribution in [3.05, 3.63) is 22.2 Å². The van der Waals surface area contributed by atoms with Crippen LogP contribution in [0.2, 0.25) is 0 Å². The van der Waals surface area contributed by atoms with Gasteiger partial charge in [0.05, 0.1) is 13.2 Å². The van der Waals surface area contributed by atoms with Gasteiger partial charge in [-0.1, -0.05) is 15.9 Å². The largest absolute Gasteiger partial charge is 0.489 e. The molecule has 1 spiro atoms. The Hall–Kier alpha value is -0.780. The molecule has 1 N–H and O–H groups in total. The maximum Gasteiger partial charge on any atom is 0.162 e. The third-order valence-electron chi connectivity index (χ3n) is 5.04. The highest BCUT2D eigenvalue weighted by Crippen LogP contribution is 2.49. The molecule has 1 aliphatic carbocycles. The van der Waals surface area contributed by atoms with Crippen molar-refractivity contribution >= 4 is 15.9 Å². The molecule has 2 aliphatic heterocycles. The summed E-state index contributed by atoms with van der Waals surface area (Å²) >= 11 is 3.70. The number of ether oxygens (including phenoxy) is 2. The molecule has 3 aliphatic rings. The van der Waals surface area contributed by atoms with Crippen LogP contribution in [0.25, 0.3) is 0 Å². The Labute approximate surface area is 140 Å². The Morgan fingerprint density at radius 1 is 1.09 bits per heavy atom. The third-order valence-corrected chi connectivity index (χ3v) is 5.78. The Bertz CT molecular complexity index is 554. The topological polar surface area (TPSA) is 33.7 Å². The van der Waals surface area contributed by atoms with Crippen molar-refractivity contribution in [2.24, 2.45) is 5.41 Å². The zero-order valence-electron chi connectivity index (χ0n) is 12.9. The summed E-state index contributed by atoms with van der Waals surface area (Å²) < 4.78 is 13.2. The first-order valence-corrected chi connectivity index (χ1v) is 9.05. The molecule has 4 rings (SSSR count). The van der Waals surface area contributed by atoms with Gasteiger partial charge in [-0.15, -0.1) is 0 Å². The van der Waals surface area contributed by atoms with E-state index in [1.165, 1.54) is 18.4 Å². The van der Waals surface area contributed by atoms with E-state index in [1.807, 2.05) is 0 Å². The number of nitrogens with zero attached hydrogens (tertiary/aromatic N) is 1. The summed E-state index contributed by atoms with van der Waals surface area (Å²) in [7, 11) is 0. The van der Waals surface area contributed by atoms with E-state index in [0.717, 1.165) is 68.3 Å². The van der Waals surface area contributed by atoms with Gasteiger partial charge in [-0.3, -0.25) is 0 Å². The predicted octanol–water partition coefficient (Wildman–Crippen LogP) is 2.45. The maximum atomic E-state index is 6.04. The molecule has 0 radical (unpaired) electrons. The Kier molecular flexibility index (Phi) is 4.05. The average molecular weight is 367 g/mol. The van der Waals surface area contributed by atoms with Crippen LogP contribution in [0.5, 0.6) is 11.5 Å². The quantitative estimate of drug-likeness (QED) is 0.890. The van der Waals surface area contributed by atoms with Gasteiger partial charge >= 0.3 is 0 Å². The second-order valence-electron chi connectivity index (χ2n) is 6.81. The third kappa shape index (κ3) is 3.12. The first kappa shape index (κ1) is 14.8.